The molecule has 1 aliphatic carbocycles. The second-order valence-electron chi connectivity index (χ2n) is 4.49. The van der Waals surface area contributed by atoms with Crippen LogP contribution in [-0.4, -0.2) is 15.6 Å². The van der Waals surface area contributed by atoms with Crippen molar-refractivity contribution in [1.82, 2.24) is 9.78 Å². The predicted molar refractivity (Wildman–Crippen MR) is 58.5 cm³/mol. The minimum Gasteiger partial charge on any atom is -0.299 e. The van der Waals surface area contributed by atoms with Crippen LogP contribution >= 0.6 is 0 Å². The van der Waals surface area contributed by atoms with Crippen LogP contribution in [0.4, 0.5) is 0 Å². The summed E-state index contributed by atoms with van der Waals surface area (Å²) in [7, 11) is 1.92. The van der Waals surface area contributed by atoms with Gasteiger partial charge in [0.2, 0.25) is 0 Å². The average molecular weight is 206 g/mol. The fraction of sp³-hybridized carbons (Fsp3) is 0.667. The van der Waals surface area contributed by atoms with Gasteiger partial charge in [0.1, 0.15) is 5.78 Å². The first-order chi connectivity index (χ1) is 7.25. The summed E-state index contributed by atoms with van der Waals surface area (Å²) < 4.78 is 1.80. The molecule has 0 radical (unpaired) electrons. The van der Waals surface area contributed by atoms with Crippen molar-refractivity contribution in [2.75, 3.05) is 0 Å². The Hall–Kier alpha value is -1.12. The van der Waals surface area contributed by atoms with Gasteiger partial charge in [-0.05, 0) is 24.8 Å². The van der Waals surface area contributed by atoms with Gasteiger partial charge in [-0.1, -0.05) is 12.8 Å². The van der Waals surface area contributed by atoms with Gasteiger partial charge in [0, 0.05) is 25.6 Å². The fourth-order valence-corrected chi connectivity index (χ4v) is 2.31. The minimum absolute atomic E-state index is 0.247. The smallest absolute Gasteiger partial charge is 0.136 e. The van der Waals surface area contributed by atoms with Crippen molar-refractivity contribution < 1.29 is 4.79 Å². The highest BCUT2D eigenvalue weighted by molar-refractivity contribution is 5.81. The lowest BCUT2D eigenvalue weighted by atomic mass is 9.93. The average Bonchev–Trinajstić information content (AvgIpc) is 2.50. The Morgan fingerprint density at radius 3 is 3.07 bits per heavy atom. The summed E-state index contributed by atoms with van der Waals surface area (Å²) in [4.78, 5) is 11.8. The Kier molecular flexibility index (Phi) is 3.19. The summed E-state index contributed by atoms with van der Waals surface area (Å²) in [5.41, 5.74) is 1.19. The molecule has 0 amide bonds. The van der Waals surface area contributed by atoms with Crippen LogP contribution in [0, 0.1) is 5.92 Å². The predicted octanol–water partition coefficient (Wildman–Crippen LogP) is 2.11. The van der Waals surface area contributed by atoms with Gasteiger partial charge >= 0.3 is 0 Å². The molecule has 1 aromatic rings. The summed E-state index contributed by atoms with van der Waals surface area (Å²) in [6.07, 6.45) is 10.1. The number of carbonyl (C=O) groups excluding carboxylic acids is 1. The molecular weight excluding hydrogens is 188 g/mol. The van der Waals surface area contributed by atoms with E-state index in [1.165, 1.54) is 18.4 Å². The van der Waals surface area contributed by atoms with Crippen LogP contribution in [0.1, 0.15) is 37.7 Å². The summed E-state index contributed by atoms with van der Waals surface area (Å²) in [5.74, 6) is 0.702. The topological polar surface area (TPSA) is 34.9 Å². The molecule has 3 nitrogen and oxygen atoms in total. The Morgan fingerprint density at radius 2 is 2.33 bits per heavy atom. The van der Waals surface area contributed by atoms with Crippen molar-refractivity contribution in [3.05, 3.63) is 18.0 Å². The van der Waals surface area contributed by atoms with E-state index in [1.54, 1.807) is 4.68 Å². The summed E-state index contributed by atoms with van der Waals surface area (Å²) >= 11 is 0. The first-order valence-electron chi connectivity index (χ1n) is 5.76. The molecule has 0 N–H and O–H groups in total. The number of aromatic nitrogens is 2. The molecule has 15 heavy (non-hydrogen) atoms. The second-order valence-corrected chi connectivity index (χ2v) is 4.49. The molecular formula is C12H18N2O. The third kappa shape index (κ3) is 2.67. The SMILES string of the molecule is Cn1cc(CC2CCCCCC2=O)cn1. The van der Waals surface area contributed by atoms with Crippen molar-refractivity contribution >= 4 is 5.78 Å². The van der Waals surface area contributed by atoms with E-state index in [0.29, 0.717) is 5.78 Å². The molecule has 0 spiro atoms. The van der Waals surface area contributed by atoms with Gasteiger partial charge in [-0.3, -0.25) is 9.48 Å². The fourth-order valence-electron chi connectivity index (χ4n) is 2.31. The van der Waals surface area contributed by atoms with Gasteiger partial charge in [0.15, 0.2) is 0 Å². The zero-order chi connectivity index (χ0) is 10.7. The minimum atomic E-state index is 0.247. The van der Waals surface area contributed by atoms with E-state index >= 15 is 0 Å². The van der Waals surface area contributed by atoms with Crippen molar-refractivity contribution in [2.45, 2.75) is 38.5 Å². The Morgan fingerprint density at radius 1 is 1.47 bits per heavy atom. The highest BCUT2D eigenvalue weighted by Crippen LogP contribution is 2.23. The number of ketones is 1. The van der Waals surface area contributed by atoms with Crippen LogP contribution in [0.15, 0.2) is 12.4 Å². The van der Waals surface area contributed by atoms with Crippen molar-refractivity contribution in [3.8, 4) is 0 Å². The molecule has 0 saturated heterocycles. The first kappa shape index (κ1) is 10.4. The van der Waals surface area contributed by atoms with Gasteiger partial charge in [-0.2, -0.15) is 5.10 Å². The van der Waals surface area contributed by atoms with E-state index in [-0.39, 0.29) is 5.92 Å². The third-order valence-electron chi connectivity index (χ3n) is 3.17. The highest BCUT2D eigenvalue weighted by Gasteiger charge is 2.21. The van der Waals surface area contributed by atoms with E-state index < -0.39 is 0 Å². The molecule has 1 aromatic heterocycles. The zero-order valence-corrected chi connectivity index (χ0v) is 9.28. The number of nitrogens with zero attached hydrogens (tertiary/aromatic N) is 2. The van der Waals surface area contributed by atoms with Gasteiger partial charge in [-0.15, -0.1) is 0 Å². The van der Waals surface area contributed by atoms with Crippen molar-refractivity contribution in [3.63, 3.8) is 0 Å². The number of aryl methyl sites for hydroxylation is 1. The molecule has 1 heterocycles. The molecule has 2 rings (SSSR count). The molecule has 1 fully saturated rings. The van der Waals surface area contributed by atoms with Crippen LogP contribution in [0.2, 0.25) is 0 Å². The molecule has 0 aromatic carbocycles. The van der Waals surface area contributed by atoms with Gasteiger partial charge < -0.3 is 0 Å². The third-order valence-corrected chi connectivity index (χ3v) is 3.17. The lowest BCUT2D eigenvalue weighted by Gasteiger charge is -2.10. The summed E-state index contributed by atoms with van der Waals surface area (Å²) in [6.45, 7) is 0. The first-order valence-corrected chi connectivity index (χ1v) is 5.76. The van der Waals surface area contributed by atoms with Crippen LogP contribution in [0.25, 0.3) is 0 Å². The molecule has 1 saturated carbocycles. The van der Waals surface area contributed by atoms with E-state index in [1.807, 2.05) is 19.4 Å². The quantitative estimate of drug-likeness (QED) is 0.695. The normalized spacial score (nSPS) is 22.7. The molecule has 1 unspecified atom stereocenters. The molecule has 1 atom stereocenters. The number of Topliss-reactive ketones (excluding diaryl/α,β-unsaturated/α-hetero) is 1. The van der Waals surface area contributed by atoms with Crippen molar-refractivity contribution in [2.24, 2.45) is 13.0 Å². The van der Waals surface area contributed by atoms with E-state index in [4.69, 9.17) is 0 Å². The molecule has 0 bridgehead atoms. The second kappa shape index (κ2) is 4.60. The summed E-state index contributed by atoms with van der Waals surface area (Å²) in [5, 5.41) is 4.14. The lowest BCUT2D eigenvalue weighted by Crippen LogP contribution is -2.14. The largest absolute Gasteiger partial charge is 0.299 e. The number of hydrogen-bond donors (Lipinski definition) is 0. The maximum absolute atomic E-state index is 11.8. The monoisotopic (exact) mass is 206 g/mol. The molecule has 3 heteroatoms. The lowest BCUT2D eigenvalue weighted by molar-refractivity contribution is -0.122. The Bertz CT molecular complexity index is 343. The van der Waals surface area contributed by atoms with Crippen LogP contribution < -0.4 is 0 Å². The van der Waals surface area contributed by atoms with Crippen molar-refractivity contribution in [1.29, 1.82) is 0 Å². The molecule has 0 aliphatic heterocycles. The summed E-state index contributed by atoms with van der Waals surface area (Å²) in [6, 6.07) is 0. The molecule has 1 aliphatic rings. The standard InChI is InChI=1S/C12H18N2O/c1-14-9-10(8-13-14)7-11-5-3-2-4-6-12(11)15/h8-9,11H,2-7H2,1H3. The van der Waals surface area contributed by atoms with Gasteiger partial charge in [0.05, 0.1) is 6.20 Å². The van der Waals surface area contributed by atoms with Crippen LogP contribution in [0.5, 0.6) is 0 Å². The maximum atomic E-state index is 11.8. The van der Waals surface area contributed by atoms with Gasteiger partial charge in [-0.25, -0.2) is 0 Å². The van der Waals surface area contributed by atoms with E-state index in [2.05, 4.69) is 5.10 Å². The maximum Gasteiger partial charge on any atom is 0.136 e. The van der Waals surface area contributed by atoms with Gasteiger partial charge in [0.25, 0.3) is 0 Å². The zero-order valence-electron chi connectivity index (χ0n) is 9.28. The van der Waals surface area contributed by atoms with E-state index in [0.717, 1.165) is 25.7 Å². The number of carbonyl (C=O) groups is 1. The number of rotatable bonds is 2. The highest BCUT2D eigenvalue weighted by atomic mass is 16.1. The Balaban J connectivity index is 2.00. The van der Waals surface area contributed by atoms with Crippen LogP contribution in [-0.2, 0) is 18.3 Å². The Labute approximate surface area is 90.5 Å². The van der Waals surface area contributed by atoms with Crippen LogP contribution in [0.3, 0.4) is 0 Å². The number of hydrogen-bond acceptors (Lipinski definition) is 2. The molecule has 82 valence electrons. The van der Waals surface area contributed by atoms with E-state index in [9.17, 15) is 4.79 Å².